The van der Waals surface area contributed by atoms with Gasteiger partial charge < -0.3 is 15.0 Å². The van der Waals surface area contributed by atoms with E-state index >= 15 is 0 Å². The van der Waals surface area contributed by atoms with Crippen molar-refractivity contribution in [3.63, 3.8) is 0 Å². The molecule has 3 rings (SSSR count). The average molecular weight is 288 g/mol. The van der Waals surface area contributed by atoms with Crippen molar-refractivity contribution in [2.45, 2.75) is 31.9 Å². The highest BCUT2D eigenvalue weighted by Crippen LogP contribution is 2.35. The molecule has 4 nitrogen and oxygen atoms in total. The van der Waals surface area contributed by atoms with Gasteiger partial charge in [0.2, 0.25) is 5.91 Å². The van der Waals surface area contributed by atoms with E-state index in [2.05, 4.69) is 24.4 Å². The molecule has 0 bridgehead atoms. The molecule has 114 valence electrons. The summed E-state index contributed by atoms with van der Waals surface area (Å²) in [6, 6.07) is 10.5. The quantitative estimate of drug-likeness (QED) is 0.904. The lowest BCUT2D eigenvalue weighted by atomic mass is 9.88. The summed E-state index contributed by atoms with van der Waals surface area (Å²) in [5.41, 5.74) is 1.12. The zero-order valence-electron chi connectivity index (χ0n) is 12.6. The van der Waals surface area contributed by atoms with E-state index in [1.165, 1.54) is 0 Å². The summed E-state index contributed by atoms with van der Waals surface area (Å²) < 4.78 is 5.95. The minimum Gasteiger partial charge on any atom is -0.373 e. The first kappa shape index (κ1) is 14.5. The highest BCUT2D eigenvalue weighted by Gasteiger charge is 2.36. The molecule has 1 N–H and O–H groups in total. The van der Waals surface area contributed by atoms with Crippen LogP contribution in [0.4, 0.5) is 0 Å². The van der Waals surface area contributed by atoms with E-state index in [9.17, 15) is 4.79 Å². The number of rotatable bonds is 2. The molecule has 3 atom stereocenters. The highest BCUT2D eigenvalue weighted by atomic mass is 16.5. The topological polar surface area (TPSA) is 41.6 Å². The second kappa shape index (κ2) is 6.58. The Morgan fingerprint density at radius 3 is 2.90 bits per heavy atom. The predicted molar refractivity (Wildman–Crippen MR) is 81.9 cm³/mol. The van der Waals surface area contributed by atoms with Crippen LogP contribution in [0.1, 0.15) is 31.4 Å². The van der Waals surface area contributed by atoms with Gasteiger partial charge in [-0.3, -0.25) is 4.79 Å². The molecule has 2 fully saturated rings. The molecule has 1 aromatic rings. The predicted octanol–water partition coefficient (Wildman–Crippen LogP) is 1.97. The molecule has 0 aliphatic carbocycles. The second-order valence-electron chi connectivity index (χ2n) is 6.09. The zero-order valence-corrected chi connectivity index (χ0v) is 12.6. The summed E-state index contributed by atoms with van der Waals surface area (Å²) in [5.74, 6) is 0.225. The fourth-order valence-electron chi connectivity index (χ4n) is 3.37. The number of nitrogens with one attached hydrogen (secondary N) is 1. The molecule has 3 unspecified atom stereocenters. The van der Waals surface area contributed by atoms with Crippen LogP contribution in [-0.4, -0.2) is 43.1 Å². The maximum absolute atomic E-state index is 12.9. The van der Waals surface area contributed by atoms with Crippen LogP contribution in [0.25, 0.3) is 0 Å². The number of hydrogen-bond donors (Lipinski definition) is 1. The van der Waals surface area contributed by atoms with Crippen molar-refractivity contribution in [3.8, 4) is 0 Å². The van der Waals surface area contributed by atoms with Gasteiger partial charge in [0.15, 0.2) is 0 Å². The van der Waals surface area contributed by atoms with E-state index in [1.54, 1.807) is 0 Å². The average Bonchev–Trinajstić information content (AvgIpc) is 2.55. The summed E-state index contributed by atoms with van der Waals surface area (Å²) >= 11 is 0. The third-order valence-electron chi connectivity index (χ3n) is 4.45. The molecule has 2 heterocycles. The molecule has 0 radical (unpaired) electrons. The van der Waals surface area contributed by atoms with Crippen LogP contribution in [0.2, 0.25) is 0 Å². The number of hydrogen-bond acceptors (Lipinski definition) is 3. The molecule has 0 aromatic heterocycles. The van der Waals surface area contributed by atoms with Gasteiger partial charge >= 0.3 is 0 Å². The SMILES string of the molecule is CC1CN(C(=O)C2CCCOC2c2ccccc2)CCN1. The van der Waals surface area contributed by atoms with Crippen LogP contribution in [0.15, 0.2) is 30.3 Å². The fourth-order valence-corrected chi connectivity index (χ4v) is 3.37. The Hall–Kier alpha value is -1.39. The maximum atomic E-state index is 12.9. The van der Waals surface area contributed by atoms with Gasteiger partial charge in [-0.05, 0) is 25.3 Å². The van der Waals surface area contributed by atoms with Crippen LogP contribution < -0.4 is 5.32 Å². The highest BCUT2D eigenvalue weighted by molar-refractivity contribution is 5.80. The standard InChI is InChI=1S/C17H24N2O2/c1-13-12-19(10-9-18-13)17(20)15-8-5-11-21-16(15)14-6-3-2-4-7-14/h2-4,6-7,13,15-16,18H,5,8-12H2,1H3. The van der Waals surface area contributed by atoms with Crippen molar-refractivity contribution in [2.75, 3.05) is 26.2 Å². The van der Waals surface area contributed by atoms with E-state index in [-0.39, 0.29) is 17.9 Å². The van der Waals surface area contributed by atoms with Crippen LogP contribution in [0.3, 0.4) is 0 Å². The Balaban J connectivity index is 1.76. The number of amides is 1. The van der Waals surface area contributed by atoms with Crippen molar-refractivity contribution >= 4 is 5.91 Å². The summed E-state index contributed by atoms with van der Waals surface area (Å²) in [7, 11) is 0. The molecule has 21 heavy (non-hydrogen) atoms. The third-order valence-corrected chi connectivity index (χ3v) is 4.45. The van der Waals surface area contributed by atoms with Gasteiger partial charge in [-0.2, -0.15) is 0 Å². The summed E-state index contributed by atoms with van der Waals surface area (Å²) in [4.78, 5) is 14.9. The van der Waals surface area contributed by atoms with Gasteiger partial charge in [-0.25, -0.2) is 0 Å². The number of ether oxygens (including phenoxy) is 1. The number of piperazine rings is 1. The summed E-state index contributed by atoms with van der Waals surface area (Å²) in [6.07, 6.45) is 1.82. The zero-order chi connectivity index (χ0) is 14.7. The lowest BCUT2D eigenvalue weighted by Gasteiger charge is -2.38. The molecule has 4 heteroatoms. The van der Waals surface area contributed by atoms with Gasteiger partial charge in [-0.1, -0.05) is 30.3 Å². The Bertz CT molecular complexity index is 477. The first-order chi connectivity index (χ1) is 10.3. The van der Waals surface area contributed by atoms with Gasteiger partial charge in [0, 0.05) is 32.3 Å². The third kappa shape index (κ3) is 3.27. The van der Waals surface area contributed by atoms with Crippen LogP contribution in [0.5, 0.6) is 0 Å². The largest absolute Gasteiger partial charge is 0.373 e. The normalized spacial score (nSPS) is 30.1. The van der Waals surface area contributed by atoms with Crippen molar-refractivity contribution < 1.29 is 9.53 Å². The Morgan fingerprint density at radius 2 is 2.14 bits per heavy atom. The molecule has 0 saturated carbocycles. The monoisotopic (exact) mass is 288 g/mol. The Kier molecular flexibility index (Phi) is 4.56. The molecule has 1 aromatic carbocycles. The number of carbonyl (C=O) groups is 1. The van der Waals surface area contributed by atoms with Crippen LogP contribution in [-0.2, 0) is 9.53 Å². The molecule has 2 aliphatic heterocycles. The number of nitrogens with zero attached hydrogens (tertiary/aromatic N) is 1. The van der Waals surface area contributed by atoms with E-state index in [1.807, 2.05) is 23.1 Å². The molecular weight excluding hydrogens is 264 g/mol. The molecule has 2 saturated heterocycles. The minimum absolute atomic E-state index is 0.0357. The Labute approximate surface area is 126 Å². The van der Waals surface area contributed by atoms with Gasteiger partial charge in [0.05, 0.1) is 12.0 Å². The maximum Gasteiger partial charge on any atom is 0.228 e. The van der Waals surface area contributed by atoms with E-state index in [0.717, 1.165) is 44.6 Å². The van der Waals surface area contributed by atoms with Crippen LogP contribution in [0, 0.1) is 5.92 Å². The second-order valence-corrected chi connectivity index (χ2v) is 6.09. The van der Waals surface area contributed by atoms with Gasteiger partial charge in [0.25, 0.3) is 0 Å². The number of benzene rings is 1. The van der Waals surface area contributed by atoms with Crippen molar-refractivity contribution in [3.05, 3.63) is 35.9 Å². The first-order valence-corrected chi connectivity index (χ1v) is 7.94. The van der Waals surface area contributed by atoms with Crippen molar-refractivity contribution in [1.82, 2.24) is 10.2 Å². The van der Waals surface area contributed by atoms with E-state index in [0.29, 0.717) is 6.04 Å². The van der Waals surface area contributed by atoms with Gasteiger partial charge in [0.1, 0.15) is 0 Å². The van der Waals surface area contributed by atoms with Crippen molar-refractivity contribution in [1.29, 1.82) is 0 Å². The Morgan fingerprint density at radius 1 is 1.33 bits per heavy atom. The van der Waals surface area contributed by atoms with Crippen molar-refractivity contribution in [2.24, 2.45) is 5.92 Å². The van der Waals surface area contributed by atoms with Gasteiger partial charge in [-0.15, -0.1) is 0 Å². The molecule has 0 spiro atoms. The van der Waals surface area contributed by atoms with E-state index < -0.39 is 0 Å². The summed E-state index contributed by atoms with van der Waals surface area (Å²) in [6.45, 7) is 5.38. The lowest BCUT2D eigenvalue weighted by Crippen LogP contribution is -2.53. The molecule has 2 aliphatic rings. The van der Waals surface area contributed by atoms with E-state index in [4.69, 9.17) is 4.74 Å². The summed E-state index contributed by atoms with van der Waals surface area (Å²) in [5, 5.41) is 3.39. The number of carbonyl (C=O) groups excluding carboxylic acids is 1. The molecular formula is C17H24N2O2. The lowest BCUT2D eigenvalue weighted by molar-refractivity contribution is -0.146. The fraction of sp³-hybridized carbons (Fsp3) is 0.588. The first-order valence-electron chi connectivity index (χ1n) is 7.94. The smallest absolute Gasteiger partial charge is 0.228 e. The van der Waals surface area contributed by atoms with Crippen LogP contribution >= 0.6 is 0 Å². The molecule has 1 amide bonds. The minimum atomic E-state index is -0.0855.